The SMILES string of the molecule is CCC(C)C1CCCCC1.CCNSC.COc1cc(C(=O)NC2CCCN(C)C2)ccc1Nc1ncc(C(F)(F)F)c(C)n1. The van der Waals surface area contributed by atoms with E-state index in [1.807, 2.05) is 13.3 Å². The number of carbonyl (C=O) groups is 1. The van der Waals surface area contributed by atoms with E-state index in [4.69, 9.17) is 4.74 Å². The number of alkyl halides is 3. The minimum Gasteiger partial charge on any atom is -0.495 e. The first kappa shape index (κ1) is 38.6. The zero-order valence-electron chi connectivity index (χ0n) is 28.0. The Morgan fingerprint density at radius 3 is 2.40 bits per heavy atom. The lowest BCUT2D eigenvalue weighted by molar-refractivity contribution is -0.138. The van der Waals surface area contributed by atoms with E-state index in [9.17, 15) is 18.0 Å². The minimum atomic E-state index is -4.51. The summed E-state index contributed by atoms with van der Waals surface area (Å²) in [5.41, 5.74) is -0.214. The van der Waals surface area contributed by atoms with Crippen molar-refractivity contribution in [2.75, 3.05) is 45.4 Å². The second-order valence-electron chi connectivity index (χ2n) is 11.8. The van der Waals surface area contributed by atoms with Gasteiger partial charge in [0.15, 0.2) is 0 Å². The number of aryl methyl sites for hydroxylation is 1. The van der Waals surface area contributed by atoms with E-state index in [0.717, 1.165) is 50.5 Å². The highest BCUT2D eigenvalue weighted by molar-refractivity contribution is 7.96. The van der Waals surface area contributed by atoms with Gasteiger partial charge in [0.05, 0.1) is 24.1 Å². The molecule has 45 heavy (non-hydrogen) atoms. The number of anilines is 2. The van der Waals surface area contributed by atoms with Gasteiger partial charge in [-0.05, 0) is 69.6 Å². The number of nitrogens with zero attached hydrogens (tertiary/aromatic N) is 3. The van der Waals surface area contributed by atoms with Crippen LogP contribution < -0.4 is 20.1 Å². The van der Waals surface area contributed by atoms with E-state index in [1.165, 1.54) is 52.6 Å². The molecule has 0 bridgehead atoms. The lowest BCUT2D eigenvalue weighted by atomic mass is 9.80. The molecule has 1 saturated heterocycles. The number of piperidine rings is 1. The topological polar surface area (TPSA) is 91.4 Å². The predicted octanol–water partition coefficient (Wildman–Crippen LogP) is 7.87. The number of rotatable bonds is 9. The van der Waals surface area contributed by atoms with Crippen molar-refractivity contribution in [3.63, 3.8) is 0 Å². The smallest absolute Gasteiger partial charge is 0.419 e. The maximum atomic E-state index is 12.9. The molecule has 2 aliphatic rings. The van der Waals surface area contributed by atoms with Gasteiger partial charge in [0.2, 0.25) is 5.95 Å². The Balaban J connectivity index is 0.000000386. The quantitative estimate of drug-likeness (QED) is 0.236. The molecule has 1 aromatic heterocycles. The van der Waals surface area contributed by atoms with E-state index < -0.39 is 11.7 Å². The zero-order valence-corrected chi connectivity index (χ0v) is 28.8. The number of likely N-dealkylation sites (N-methyl/N-ethyl adjacent to an activating group) is 1. The van der Waals surface area contributed by atoms with E-state index in [2.05, 4.69) is 51.0 Å². The van der Waals surface area contributed by atoms with Crippen LogP contribution >= 0.6 is 11.9 Å². The molecule has 2 fully saturated rings. The van der Waals surface area contributed by atoms with Crippen molar-refractivity contribution in [3.8, 4) is 5.75 Å². The number of aromatic nitrogens is 2. The van der Waals surface area contributed by atoms with Gasteiger partial charge < -0.3 is 20.3 Å². The molecule has 2 unspecified atom stereocenters. The molecule has 254 valence electrons. The summed E-state index contributed by atoms with van der Waals surface area (Å²) >= 11 is 1.65. The van der Waals surface area contributed by atoms with E-state index in [1.54, 1.807) is 30.1 Å². The van der Waals surface area contributed by atoms with Gasteiger partial charge in [-0.15, -0.1) is 0 Å². The molecule has 1 aromatic carbocycles. The molecule has 2 heterocycles. The van der Waals surface area contributed by atoms with E-state index in [0.29, 0.717) is 17.0 Å². The monoisotopic (exact) mass is 654 g/mol. The Hall–Kier alpha value is -2.57. The van der Waals surface area contributed by atoms with Gasteiger partial charge in [-0.2, -0.15) is 13.2 Å². The number of nitrogens with one attached hydrogen (secondary N) is 3. The summed E-state index contributed by atoms with van der Waals surface area (Å²) in [6, 6.07) is 4.88. The third-order valence-corrected chi connectivity index (χ3v) is 8.92. The van der Waals surface area contributed by atoms with Crippen LogP contribution in [-0.4, -0.2) is 66.9 Å². The van der Waals surface area contributed by atoms with Crippen molar-refractivity contribution in [1.29, 1.82) is 0 Å². The lowest BCUT2D eigenvalue weighted by Crippen LogP contribution is -2.46. The van der Waals surface area contributed by atoms with E-state index in [-0.39, 0.29) is 23.6 Å². The van der Waals surface area contributed by atoms with Crippen LogP contribution in [0.2, 0.25) is 0 Å². The highest BCUT2D eigenvalue weighted by Crippen LogP contribution is 2.33. The number of amides is 1. The van der Waals surface area contributed by atoms with Crippen molar-refractivity contribution in [2.45, 2.75) is 91.3 Å². The summed E-state index contributed by atoms with van der Waals surface area (Å²) in [5, 5.41) is 5.87. The Kier molecular flexibility index (Phi) is 17.0. The van der Waals surface area contributed by atoms with Crippen LogP contribution in [0.5, 0.6) is 5.75 Å². The molecule has 0 radical (unpaired) electrons. The van der Waals surface area contributed by atoms with Crippen molar-refractivity contribution in [2.24, 2.45) is 11.8 Å². The maximum Gasteiger partial charge on any atom is 0.419 e. The molecular formula is C33H53F3N6O2S. The summed E-state index contributed by atoms with van der Waals surface area (Å²) in [6.45, 7) is 11.0. The molecule has 2 atom stereocenters. The Morgan fingerprint density at radius 2 is 1.87 bits per heavy atom. The first-order chi connectivity index (χ1) is 21.4. The predicted molar refractivity (Wildman–Crippen MR) is 179 cm³/mol. The van der Waals surface area contributed by atoms with Crippen LogP contribution in [0.15, 0.2) is 24.4 Å². The zero-order chi connectivity index (χ0) is 33.4. The molecular weight excluding hydrogens is 601 g/mol. The van der Waals surface area contributed by atoms with Gasteiger partial charge in [0.25, 0.3) is 5.91 Å². The Labute approximate surface area is 272 Å². The largest absolute Gasteiger partial charge is 0.495 e. The van der Waals surface area contributed by atoms with Crippen LogP contribution in [0.1, 0.15) is 93.8 Å². The van der Waals surface area contributed by atoms with Crippen molar-refractivity contribution >= 4 is 29.5 Å². The first-order valence-electron chi connectivity index (χ1n) is 16.0. The first-order valence-corrected chi connectivity index (χ1v) is 17.3. The highest BCUT2D eigenvalue weighted by atomic mass is 32.2. The fourth-order valence-corrected chi connectivity index (χ4v) is 5.88. The molecule has 0 spiro atoms. The number of methoxy groups -OCH3 is 1. The molecule has 12 heteroatoms. The second kappa shape index (κ2) is 19.8. The summed E-state index contributed by atoms with van der Waals surface area (Å²) in [7, 11) is 3.46. The maximum absolute atomic E-state index is 12.9. The number of hydrogen-bond donors (Lipinski definition) is 3. The molecule has 8 nitrogen and oxygen atoms in total. The average molecular weight is 655 g/mol. The van der Waals surface area contributed by atoms with Gasteiger partial charge in [-0.3, -0.25) is 9.52 Å². The molecule has 1 aliphatic heterocycles. The summed E-state index contributed by atoms with van der Waals surface area (Å²) in [6.07, 6.45) is 9.08. The summed E-state index contributed by atoms with van der Waals surface area (Å²) in [5.74, 6) is 2.20. The van der Waals surface area contributed by atoms with Gasteiger partial charge >= 0.3 is 6.18 Å². The number of benzene rings is 1. The Morgan fingerprint density at radius 1 is 1.16 bits per heavy atom. The fourth-order valence-electron chi connectivity index (χ4n) is 5.60. The molecule has 4 rings (SSSR count). The van der Waals surface area contributed by atoms with Crippen molar-refractivity contribution in [3.05, 3.63) is 41.2 Å². The summed E-state index contributed by atoms with van der Waals surface area (Å²) < 4.78 is 47.0. The lowest BCUT2D eigenvalue weighted by Gasteiger charge is -2.30. The number of hydrogen-bond acceptors (Lipinski definition) is 8. The average Bonchev–Trinajstić information content (AvgIpc) is 3.01. The third kappa shape index (κ3) is 13.4. The van der Waals surface area contributed by atoms with Crippen LogP contribution in [0.25, 0.3) is 0 Å². The van der Waals surface area contributed by atoms with Crippen molar-refractivity contribution in [1.82, 2.24) is 24.9 Å². The molecule has 3 N–H and O–H groups in total. The Bertz CT molecular complexity index is 1160. The number of halogens is 3. The molecule has 1 amide bonds. The van der Waals surface area contributed by atoms with E-state index >= 15 is 0 Å². The number of likely N-dealkylation sites (tertiary alicyclic amines) is 1. The normalized spacial score (nSPS) is 18.0. The molecule has 1 saturated carbocycles. The van der Waals surface area contributed by atoms with Gasteiger partial charge in [-0.25, -0.2) is 9.97 Å². The van der Waals surface area contributed by atoms with Crippen molar-refractivity contribution < 1.29 is 22.7 Å². The van der Waals surface area contributed by atoms with Gasteiger partial charge in [0.1, 0.15) is 5.75 Å². The highest BCUT2D eigenvalue weighted by Gasteiger charge is 2.33. The van der Waals surface area contributed by atoms with Crippen LogP contribution in [0.3, 0.4) is 0 Å². The van der Waals surface area contributed by atoms with Crippen LogP contribution in [-0.2, 0) is 6.18 Å². The fraction of sp³-hybridized carbons (Fsp3) is 0.667. The van der Waals surface area contributed by atoms with Gasteiger partial charge in [0, 0.05) is 30.9 Å². The molecule has 2 aromatic rings. The molecule has 1 aliphatic carbocycles. The number of carbonyl (C=O) groups excluding carboxylic acids is 1. The standard InChI is InChI=1S/C20H24F3N5O2.C10H20.C3H9NS/c1-12-15(20(21,22)23)10-24-19(25-12)27-16-7-6-13(9-17(16)30-3)18(29)26-14-5-4-8-28(2)11-14;1-3-9(2)10-7-5-4-6-8-10;1-3-4-5-2/h6-7,9-10,14H,4-5,8,11H2,1-3H3,(H,26,29)(H,24,25,27);9-10H,3-8H2,1-2H3;4H,3H2,1-2H3. The summed E-state index contributed by atoms with van der Waals surface area (Å²) in [4.78, 5) is 22.4. The van der Waals surface area contributed by atoms with Gasteiger partial charge in [-0.1, -0.05) is 71.2 Å². The van der Waals surface area contributed by atoms with Crippen LogP contribution in [0.4, 0.5) is 24.8 Å². The minimum absolute atomic E-state index is 0.00115. The van der Waals surface area contributed by atoms with Crippen LogP contribution in [0, 0.1) is 18.8 Å². The third-order valence-electron chi connectivity index (χ3n) is 8.34. The second-order valence-corrected chi connectivity index (χ2v) is 12.5. The number of ether oxygens (including phenoxy) is 1.